The fraction of sp³-hybridized carbons (Fsp3) is 1.00. The highest BCUT2D eigenvalue weighted by molar-refractivity contribution is 4.74. The highest BCUT2D eigenvalue weighted by Crippen LogP contribution is 2.21. The van der Waals surface area contributed by atoms with E-state index in [1.807, 2.05) is 0 Å². The summed E-state index contributed by atoms with van der Waals surface area (Å²) in [5.74, 6) is 0. The van der Waals surface area contributed by atoms with Crippen LogP contribution >= 0.6 is 0 Å². The largest absolute Gasteiger partial charge is 0.395 e. The van der Waals surface area contributed by atoms with Crippen molar-refractivity contribution in [2.45, 2.75) is 70.8 Å². The van der Waals surface area contributed by atoms with Crippen LogP contribution in [0.1, 0.15) is 46.5 Å². The van der Waals surface area contributed by atoms with Crippen LogP contribution in [0.3, 0.4) is 0 Å². The van der Waals surface area contributed by atoms with Gasteiger partial charge in [-0.3, -0.25) is 0 Å². The van der Waals surface area contributed by atoms with E-state index >= 15 is 0 Å². The lowest BCUT2D eigenvalue weighted by molar-refractivity contribution is -0.103. The first-order valence-corrected chi connectivity index (χ1v) is 7.27. The first-order valence-electron chi connectivity index (χ1n) is 7.27. The smallest absolute Gasteiger partial charge is 0.0624 e. The Morgan fingerprint density at radius 1 is 1.33 bits per heavy atom. The summed E-state index contributed by atoms with van der Waals surface area (Å²) in [4.78, 5) is 0. The predicted octanol–water partition coefficient (Wildman–Crippen LogP) is 1.71. The SMILES string of the molecule is CCCNC(CO)CCOC1CC(C)OC(C)C1. The van der Waals surface area contributed by atoms with Gasteiger partial charge in [0, 0.05) is 12.6 Å². The van der Waals surface area contributed by atoms with Crippen molar-refractivity contribution in [3.63, 3.8) is 0 Å². The molecule has 1 aliphatic heterocycles. The third kappa shape index (κ3) is 6.14. The lowest BCUT2D eigenvalue weighted by Gasteiger charge is -2.32. The van der Waals surface area contributed by atoms with Gasteiger partial charge >= 0.3 is 0 Å². The predicted molar refractivity (Wildman–Crippen MR) is 72.8 cm³/mol. The monoisotopic (exact) mass is 259 g/mol. The zero-order valence-electron chi connectivity index (χ0n) is 12.0. The Balaban J connectivity index is 2.15. The minimum atomic E-state index is 0.166. The van der Waals surface area contributed by atoms with Crippen molar-refractivity contribution < 1.29 is 14.6 Å². The van der Waals surface area contributed by atoms with Gasteiger partial charge in [-0.2, -0.15) is 0 Å². The molecule has 0 bridgehead atoms. The van der Waals surface area contributed by atoms with Crippen LogP contribution in [0.4, 0.5) is 0 Å². The molecule has 1 rings (SSSR count). The number of ether oxygens (including phenoxy) is 2. The van der Waals surface area contributed by atoms with Crippen LogP contribution in [0, 0.1) is 0 Å². The van der Waals surface area contributed by atoms with Crippen molar-refractivity contribution in [2.24, 2.45) is 0 Å². The van der Waals surface area contributed by atoms with E-state index in [-0.39, 0.29) is 12.6 Å². The van der Waals surface area contributed by atoms with Gasteiger partial charge in [0.05, 0.1) is 24.9 Å². The van der Waals surface area contributed by atoms with E-state index in [1.165, 1.54) is 0 Å². The van der Waals surface area contributed by atoms with Crippen molar-refractivity contribution >= 4 is 0 Å². The molecule has 1 fully saturated rings. The molecule has 0 spiro atoms. The fourth-order valence-corrected chi connectivity index (χ4v) is 2.46. The molecule has 0 radical (unpaired) electrons. The Bertz CT molecular complexity index is 203. The van der Waals surface area contributed by atoms with Crippen molar-refractivity contribution in [3.8, 4) is 0 Å². The van der Waals surface area contributed by atoms with E-state index < -0.39 is 0 Å². The minimum Gasteiger partial charge on any atom is -0.395 e. The number of hydrogen-bond donors (Lipinski definition) is 2. The Labute approximate surface area is 111 Å². The van der Waals surface area contributed by atoms with Gasteiger partial charge in [-0.1, -0.05) is 6.92 Å². The van der Waals surface area contributed by atoms with E-state index in [2.05, 4.69) is 26.1 Å². The summed E-state index contributed by atoms with van der Waals surface area (Å²) in [6.45, 7) is 8.19. The molecule has 0 aromatic rings. The van der Waals surface area contributed by atoms with E-state index in [1.54, 1.807) is 0 Å². The third-order valence-corrected chi connectivity index (χ3v) is 3.38. The Hall–Kier alpha value is -0.160. The molecule has 3 unspecified atom stereocenters. The summed E-state index contributed by atoms with van der Waals surface area (Å²) < 4.78 is 11.6. The van der Waals surface area contributed by atoms with E-state index in [9.17, 15) is 5.11 Å². The maximum Gasteiger partial charge on any atom is 0.0624 e. The van der Waals surface area contributed by atoms with Crippen molar-refractivity contribution in [2.75, 3.05) is 19.8 Å². The lowest BCUT2D eigenvalue weighted by atomic mass is 10.0. The average Bonchev–Trinajstić information content (AvgIpc) is 2.32. The van der Waals surface area contributed by atoms with Gasteiger partial charge < -0.3 is 19.9 Å². The molecule has 4 nitrogen and oxygen atoms in total. The number of rotatable bonds is 8. The fourth-order valence-electron chi connectivity index (χ4n) is 2.46. The second kappa shape index (κ2) is 8.86. The molecule has 4 heteroatoms. The first kappa shape index (κ1) is 15.9. The van der Waals surface area contributed by atoms with E-state index in [0.29, 0.717) is 24.9 Å². The van der Waals surface area contributed by atoms with Crippen LogP contribution in [0.15, 0.2) is 0 Å². The summed E-state index contributed by atoms with van der Waals surface area (Å²) in [6, 6.07) is 0.166. The van der Waals surface area contributed by atoms with Crippen LogP contribution in [0.25, 0.3) is 0 Å². The van der Waals surface area contributed by atoms with Crippen LogP contribution in [-0.4, -0.2) is 49.2 Å². The molecule has 108 valence electrons. The Morgan fingerprint density at radius 3 is 2.56 bits per heavy atom. The van der Waals surface area contributed by atoms with Gasteiger partial charge in [-0.15, -0.1) is 0 Å². The second-order valence-electron chi connectivity index (χ2n) is 5.34. The van der Waals surface area contributed by atoms with Crippen molar-refractivity contribution in [1.29, 1.82) is 0 Å². The standard InChI is InChI=1S/C14H29NO3/c1-4-6-15-13(10-16)5-7-17-14-8-11(2)18-12(3)9-14/h11-16H,4-10H2,1-3H3. The van der Waals surface area contributed by atoms with E-state index in [0.717, 1.165) is 32.2 Å². The van der Waals surface area contributed by atoms with Gasteiger partial charge in [0.2, 0.25) is 0 Å². The Kier molecular flexibility index (Phi) is 7.82. The normalized spacial score (nSPS) is 30.3. The lowest BCUT2D eigenvalue weighted by Crippen LogP contribution is -2.37. The maximum atomic E-state index is 9.24. The molecule has 0 aliphatic carbocycles. The average molecular weight is 259 g/mol. The van der Waals surface area contributed by atoms with Gasteiger partial charge in [0.25, 0.3) is 0 Å². The summed E-state index contributed by atoms with van der Waals surface area (Å²) in [7, 11) is 0. The van der Waals surface area contributed by atoms with Crippen molar-refractivity contribution in [1.82, 2.24) is 5.32 Å². The molecular weight excluding hydrogens is 230 g/mol. The first-order chi connectivity index (χ1) is 8.65. The molecule has 0 saturated carbocycles. The van der Waals surface area contributed by atoms with Crippen molar-refractivity contribution in [3.05, 3.63) is 0 Å². The molecule has 0 aromatic heterocycles. The molecule has 3 atom stereocenters. The maximum absolute atomic E-state index is 9.24. The zero-order chi connectivity index (χ0) is 13.4. The third-order valence-electron chi connectivity index (χ3n) is 3.38. The van der Waals surface area contributed by atoms with Gasteiger partial charge in [0.15, 0.2) is 0 Å². The molecule has 1 saturated heterocycles. The minimum absolute atomic E-state index is 0.166. The molecule has 18 heavy (non-hydrogen) atoms. The second-order valence-corrected chi connectivity index (χ2v) is 5.34. The topological polar surface area (TPSA) is 50.7 Å². The number of nitrogens with one attached hydrogen (secondary N) is 1. The van der Waals surface area contributed by atoms with Crippen LogP contribution in [-0.2, 0) is 9.47 Å². The number of aliphatic hydroxyl groups is 1. The number of aliphatic hydroxyl groups excluding tert-OH is 1. The summed E-state index contributed by atoms with van der Waals surface area (Å²) in [5.41, 5.74) is 0. The van der Waals surface area contributed by atoms with Crippen LogP contribution in [0.2, 0.25) is 0 Å². The van der Waals surface area contributed by atoms with Gasteiger partial charge in [0.1, 0.15) is 0 Å². The van der Waals surface area contributed by atoms with Gasteiger partial charge in [-0.25, -0.2) is 0 Å². The molecule has 2 N–H and O–H groups in total. The highest BCUT2D eigenvalue weighted by atomic mass is 16.5. The number of hydrogen-bond acceptors (Lipinski definition) is 4. The summed E-state index contributed by atoms with van der Waals surface area (Å²) in [6.07, 6.45) is 4.83. The Morgan fingerprint density at radius 2 is 2.00 bits per heavy atom. The molecule has 1 aliphatic rings. The van der Waals surface area contributed by atoms with Crippen LogP contribution < -0.4 is 5.32 Å². The molecular formula is C14H29NO3. The zero-order valence-corrected chi connectivity index (χ0v) is 12.0. The molecule has 0 aromatic carbocycles. The summed E-state index contributed by atoms with van der Waals surface area (Å²) in [5, 5.41) is 12.6. The van der Waals surface area contributed by atoms with E-state index in [4.69, 9.17) is 9.47 Å². The molecule has 0 amide bonds. The molecule has 1 heterocycles. The highest BCUT2D eigenvalue weighted by Gasteiger charge is 2.24. The van der Waals surface area contributed by atoms with Crippen LogP contribution in [0.5, 0.6) is 0 Å². The summed E-state index contributed by atoms with van der Waals surface area (Å²) >= 11 is 0. The quantitative estimate of drug-likeness (QED) is 0.697. The van der Waals surface area contributed by atoms with Gasteiger partial charge in [-0.05, 0) is 46.1 Å².